The van der Waals surface area contributed by atoms with E-state index >= 15 is 0 Å². The third kappa shape index (κ3) is 1.82. The summed E-state index contributed by atoms with van der Waals surface area (Å²) >= 11 is 0. The van der Waals surface area contributed by atoms with Crippen LogP contribution in [0.25, 0.3) is 0 Å². The number of likely N-dealkylation sites (N-methyl/N-ethyl adjacent to an activating group) is 1. The first kappa shape index (κ1) is 11.5. The first-order valence-corrected chi connectivity index (χ1v) is 6.33. The first-order valence-electron chi connectivity index (χ1n) is 6.33. The number of benzene rings is 1. The van der Waals surface area contributed by atoms with Gasteiger partial charge in [-0.05, 0) is 24.9 Å². The van der Waals surface area contributed by atoms with Crippen LogP contribution >= 0.6 is 0 Å². The van der Waals surface area contributed by atoms with E-state index in [1.165, 1.54) is 11.1 Å². The number of aryl methyl sites for hydroxylation is 1. The number of ether oxygens (including phenoxy) is 1. The predicted octanol–water partition coefficient (Wildman–Crippen LogP) is 3.07. The molecule has 1 heterocycles. The summed E-state index contributed by atoms with van der Waals surface area (Å²) in [5.74, 6) is 1.13. The molecule has 0 radical (unpaired) electrons. The summed E-state index contributed by atoms with van der Waals surface area (Å²) in [5.41, 5.74) is 2.67. The van der Waals surface area contributed by atoms with Crippen LogP contribution in [0.1, 0.15) is 44.4 Å². The molecule has 1 aliphatic heterocycles. The second-order valence-electron chi connectivity index (χ2n) is 4.29. The van der Waals surface area contributed by atoms with Gasteiger partial charge < -0.3 is 10.1 Å². The third-order valence-electron chi connectivity index (χ3n) is 3.31. The smallest absolute Gasteiger partial charge is 0.127 e. The van der Waals surface area contributed by atoms with Crippen LogP contribution in [0.2, 0.25) is 0 Å². The van der Waals surface area contributed by atoms with Crippen LogP contribution in [0.5, 0.6) is 5.75 Å². The van der Waals surface area contributed by atoms with Gasteiger partial charge in [-0.25, -0.2) is 0 Å². The highest BCUT2D eigenvalue weighted by Gasteiger charge is 2.33. The average molecular weight is 219 g/mol. The average Bonchev–Trinajstić information content (AvgIpc) is 2.68. The van der Waals surface area contributed by atoms with Gasteiger partial charge in [-0.3, -0.25) is 0 Å². The third-order valence-corrected chi connectivity index (χ3v) is 3.31. The normalized spacial score (nSPS) is 22.9. The highest BCUT2D eigenvalue weighted by Crippen LogP contribution is 2.40. The van der Waals surface area contributed by atoms with Gasteiger partial charge in [0.05, 0.1) is 6.04 Å². The number of para-hydroxylation sites is 1. The lowest BCUT2D eigenvalue weighted by Gasteiger charge is -2.17. The van der Waals surface area contributed by atoms with Crippen molar-refractivity contribution in [2.24, 2.45) is 0 Å². The van der Waals surface area contributed by atoms with Gasteiger partial charge in [-0.15, -0.1) is 0 Å². The van der Waals surface area contributed by atoms with Crippen LogP contribution in [0.15, 0.2) is 18.2 Å². The van der Waals surface area contributed by atoms with Crippen molar-refractivity contribution >= 4 is 0 Å². The van der Waals surface area contributed by atoms with Crippen molar-refractivity contribution in [3.63, 3.8) is 0 Å². The summed E-state index contributed by atoms with van der Waals surface area (Å²) in [7, 11) is 0. The zero-order valence-electron chi connectivity index (χ0n) is 10.4. The predicted molar refractivity (Wildman–Crippen MR) is 66.9 cm³/mol. The Morgan fingerprint density at radius 2 is 2.06 bits per heavy atom. The van der Waals surface area contributed by atoms with E-state index in [1.807, 2.05) is 0 Å². The van der Waals surface area contributed by atoms with Crippen molar-refractivity contribution in [3.05, 3.63) is 29.3 Å². The molecule has 0 aromatic heterocycles. The van der Waals surface area contributed by atoms with E-state index < -0.39 is 0 Å². The minimum Gasteiger partial charge on any atom is -0.488 e. The Morgan fingerprint density at radius 1 is 1.25 bits per heavy atom. The summed E-state index contributed by atoms with van der Waals surface area (Å²) in [4.78, 5) is 0. The fraction of sp³-hybridized carbons (Fsp3) is 0.571. The van der Waals surface area contributed by atoms with Crippen molar-refractivity contribution in [2.75, 3.05) is 6.54 Å². The summed E-state index contributed by atoms with van der Waals surface area (Å²) < 4.78 is 6.08. The first-order chi connectivity index (χ1) is 7.81. The van der Waals surface area contributed by atoms with Gasteiger partial charge >= 0.3 is 0 Å². The molecule has 1 N–H and O–H groups in total. The van der Waals surface area contributed by atoms with Crippen LogP contribution in [-0.2, 0) is 6.42 Å². The molecule has 0 saturated heterocycles. The van der Waals surface area contributed by atoms with Crippen LogP contribution in [0.3, 0.4) is 0 Å². The summed E-state index contributed by atoms with van der Waals surface area (Å²) in [6.45, 7) is 7.50. The molecule has 2 rings (SSSR count). The van der Waals surface area contributed by atoms with Crippen LogP contribution < -0.4 is 10.1 Å². The van der Waals surface area contributed by atoms with E-state index in [0.29, 0.717) is 12.1 Å². The molecular formula is C14H21NO. The van der Waals surface area contributed by atoms with E-state index in [1.54, 1.807) is 0 Å². The summed E-state index contributed by atoms with van der Waals surface area (Å²) in [5, 5.41) is 3.53. The molecule has 2 heteroatoms. The van der Waals surface area contributed by atoms with Crippen LogP contribution in [-0.4, -0.2) is 12.6 Å². The van der Waals surface area contributed by atoms with Gasteiger partial charge in [0.2, 0.25) is 0 Å². The van der Waals surface area contributed by atoms with Gasteiger partial charge in [-0.2, -0.15) is 0 Å². The SMILES string of the molecule is CCNC1c2cccc(CC)c2OC1CC. The number of rotatable bonds is 4. The molecular weight excluding hydrogens is 198 g/mol. The highest BCUT2D eigenvalue weighted by atomic mass is 16.5. The topological polar surface area (TPSA) is 21.3 Å². The number of hydrogen-bond acceptors (Lipinski definition) is 2. The van der Waals surface area contributed by atoms with Crippen LogP contribution in [0.4, 0.5) is 0 Å². The Hall–Kier alpha value is -1.02. The fourth-order valence-corrected chi connectivity index (χ4v) is 2.47. The molecule has 0 fully saturated rings. The summed E-state index contributed by atoms with van der Waals surface area (Å²) in [6.07, 6.45) is 2.39. The van der Waals surface area contributed by atoms with E-state index in [0.717, 1.165) is 25.1 Å². The molecule has 16 heavy (non-hydrogen) atoms. The summed E-state index contributed by atoms with van der Waals surface area (Å²) in [6, 6.07) is 6.87. The maximum Gasteiger partial charge on any atom is 0.127 e. The lowest BCUT2D eigenvalue weighted by Crippen LogP contribution is -2.30. The van der Waals surface area contributed by atoms with Crippen molar-refractivity contribution < 1.29 is 4.74 Å². The molecule has 0 amide bonds. The monoisotopic (exact) mass is 219 g/mol. The van der Waals surface area contributed by atoms with Crippen molar-refractivity contribution in [2.45, 2.75) is 45.8 Å². The number of nitrogens with one attached hydrogen (secondary N) is 1. The van der Waals surface area contributed by atoms with E-state index in [-0.39, 0.29) is 0 Å². The zero-order chi connectivity index (χ0) is 11.5. The van der Waals surface area contributed by atoms with Gasteiger partial charge in [0.25, 0.3) is 0 Å². The molecule has 1 aliphatic rings. The molecule has 0 saturated carbocycles. The van der Waals surface area contributed by atoms with E-state index in [4.69, 9.17) is 4.74 Å². The standard InChI is InChI=1S/C14H21NO/c1-4-10-8-7-9-11-13(15-6-3)12(5-2)16-14(10)11/h7-9,12-13,15H,4-6H2,1-3H3. The molecule has 0 bridgehead atoms. The van der Waals surface area contributed by atoms with E-state index in [9.17, 15) is 0 Å². The number of fused-ring (bicyclic) bond motifs is 1. The van der Waals surface area contributed by atoms with E-state index in [2.05, 4.69) is 44.3 Å². The molecule has 0 aliphatic carbocycles. The molecule has 2 unspecified atom stereocenters. The van der Waals surface area contributed by atoms with Gasteiger partial charge in [0, 0.05) is 5.56 Å². The Balaban J connectivity index is 2.36. The second-order valence-corrected chi connectivity index (χ2v) is 4.29. The van der Waals surface area contributed by atoms with Crippen LogP contribution in [0, 0.1) is 0 Å². The molecule has 1 aromatic rings. The maximum atomic E-state index is 6.08. The highest BCUT2D eigenvalue weighted by molar-refractivity contribution is 5.47. The largest absolute Gasteiger partial charge is 0.488 e. The Bertz CT molecular complexity index is 362. The molecule has 2 atom stereocenters. The Labute approximate surface area is 98.0 Å². The molecule has 2 nitrogen and oxygen atoms in total. The quantitative estimate of drug-likeness (QED) is 0.840. The van der Waals surface area contributed by atoms with Crippen molar-refractivity contribution in [1.82, 2.24) is 5.32 Å². The molecule has 0 spiro atoms. The lowest BCUT2D eigenvalue weighted by molar-refractivity contribution is 0.185. The molecule has 1 aromatic carbocycles. The van der Waals surface area contributed by atoms with Gasteiger partial charge in [0.15, 0.2) is 0 Å². The van der Waals surface area contributed by atoms with Crippen molar-refractivity contribution in [1.29, 1.82) is 0 Å². The number of hydrogen-bond donors (Lipinski definition) is 1. The fourth-order valence-electron chi connectivity index (χ4n) is 2.47. The molecule has 88 valence electrons. The Morgan fingerprint density at radius 3 is 2.69 bits per heavy atom. The van der Waals surface area contributed by atoms with Crippen molar-refractivity contribution in [3.8, 4) is 5.75 Å². The Kier molecular flexibility index (Phi) is 3.49. The van der Waals surface area contributed by atoms with Gasteiger partial charge in [-0.1, -0.05) is 39.0 Å². The van der Waals surface area contributed by atoms with Gasteiger partial charge in [0.1, 0.15) is 11.9 Å². The minimum absolute atomic E-state index is 0.294. The zero-order valence-corrected chi connectivity index (χ0v) is 10.4. The second kappa shape index (κ2) is 4.88. The minimum atomic E-state index is 0.294. The lowest BCUT2D eigenvalue weighted by atomic mass is 9.99. The maximum absolute atomic E-state index is 6.08.